The maximum absolute atomic E-state index is 13.5. The van der Waals surface area contributed by atoms with Gasteiger partial charge in [0.1, 0.15) is 12.3 Å². The van der Waals surface area contributed by atoms with Crippen LogP contribution in [-0.4, -0.2) is 34.1 Å². The van der Waals surface area contributed by atoms with Crippen molar-refractivity contribution >= 4 is 5.91 Å². The predicted molar refractivity (Wildman–Crippen MR) is 109 cm³/mol. The Morgan fingerprint density at radius 1 is 1.07 bits per heavy atom. The fraction of sp³-hybridized carbons (Fsp3) is 0.348. The molecule has 1 saturated carbocycles. The third-order valence-electron chi connectivity index (χ3n) is 5.42. The van der Waals surface area contributed by atoms with Gasteiger partial charge in [-0.1, -0.05) is 66.9 Å². The number of carbonyl (C=O) groups is 1. The van der Waals surface area contributed by atoms with Gasteiger partial charge in [-0.25, -0.2) is 0 Å². The summed E-state index contributed by atoms with van der Waals surface area (Å²) in [6.45, 7) is 0.293. The predicted octanol–water partition coefficient (Wildman–Crippen LogP) is 4.72. The van der Waals surface area contributed by atoms with Gasteiger partial charge < -0.3 is 14.2 Å². The molecule has 1 heterocycles. The lowest BCUT2D eigenvalue weighted by atomic mass is 9.93. The molecule has 29 heavy (non-hydrogen) atoms. The van der Waals surface area contributed by atoms with Crippen molar-refractivity contribution in [2.45, 2.75) is 44.7 Å². The zero-order valence-corrected chi connectivity index (χ0v) is 16.6. The smallest absolute Gasteiger partial charge is 0.258 e. The van der Waals surface area contributed by atoms with Crippen LogP contribution >= 0.6 is 0 Å². The molecule has 1 amide bonds. The van der Waals surface area contributed by atoms with Crippen LogP contribution in [0.2, 0.25) is 0 Å². The molecule has 3 aromatic rings. The molecule has 1 aliphatic rings. The summed E-state index contributed by atoms with van der Waals surface area (Å²) in [6, 6.07) is 17.2. The molecular formula is C23H25N3O3. The number of benzene rings is 2. The average Bonchev–Trinajstić information content (AvgIpc) is 3.27. The second-order valence-corrected chi connectivity index (χ2v) is 7.30. The first-order chi connectivity index (χ1) is 14.3. The highest BCUT2D eigenvalue weighted by molar-refractivity contribution is 5.97. The maximum Gasteiger partial charge on any atom is 0.258 e. The maximum atomic E-state index is 13.5. The summed E-state index contributed by atoms with van der Waals surface area (Å²) in [5.74, 6) is 1.49. The van der Waals surface area contributed by atoms with Crippen LogP contribution in [-0.2, 0) is 6.54 Å². The number of hydrogen-bond acceptors (Lipinski definition) is 5. The van der Waals surface area contributed by atoms with E-state index in [1.165, 1.54) is 6.42 Å². The van der Waals surface area contributed by atoms with Crippen LogP contribution in [0.3, 0.4) is 0 Å². The molecule has 0 bridgehead atoms. The summed E-state index contributed by atoms with van der Waals surface area (Å²) in [5, 5.41) is 4.10. The number of hydrogen-bond donors (Lipinski definition) is 0. The zero-order chi connectivity index (χ0) is 20.1. The highest BCUT2D eigenvalue weighted by Crippen LogP contribution is 2.28. The van der Waals surface area contributed by atoms with Gasteiger partial charge in [0.15, 0.2) is 0 Å². The molecule has 150 valence electrons. The first-order valence-corrected chi connectivity index (χ1v) is 10.1. The van der Waals surface area contributed by atoms with E-state index in [1.807, 2.05) is 53.4 Å². The zero-order valence-electron chi connectivity index (χ0n) is 16.6. The molecule has 1 aliphatic carbocycles. The SMILES string of the molecule is COc1ccccc1C(=O)N(Cc1nc(-c2ccccc2)no1)C1CCCCC1. The third kappa shape index (κ3) is 4.31. The number of nitrogens with zero attached hydrogens (tertiary/aromatic N) is 3. The molecule has 0 atom stereocenters. The van der Waals surface area contributed by atoms with Gasteiger partial charge in [0, 0.05) is 11.6 Å². The van der Waals surface area contributed by atoms with E-state index in [1.54, 1.807) is 13.2 Å². The van der Waals surface area contributed by atoms with Crippen molar-refractivity contribution in [2.24, 2.45) is 0 Å². The van der Waals surface area contributed by atoms with E-state index >= 15 is 0 Å². The number of methoxy groups -OCH3 is 1. The topological polar surface area (TPSA) is 68.5 Å². The molecule has 0 radical (unpaired) electrons. The summed E-state index contributed by atoms with van der Waals surface area (Å²) < 4.78 is 10.9. The van der Waals surface area contributed by atoms with Crippen molar-refractivity contribution in [1.29, 1.82) is 0 Å². The lowest BCUT2D eigenvalue weighted by Gasteiger charge is -2.33. The summed E-state index contributed by atoms with van der Waals surface area (Å²) in [6.07, 6.45) is 5.44. The van der Waals surface area contributed by atoms with Crippen LogP contribution in [0.1, 0.15) is 48.4 Å². The van der Waals surface area contributed by atoms with Crippen LogP contribution in [0.4, 0.5) is 0 Å². The Bertz CT molecular complexity index is 949. The first kappa shape index (κ1) is 19.2. The van der Waals surface area contributed by atoms with Gasteiger partial charge in [-0.2, -0.15) is 4.98 Å². The highest BCUT2D eigenvalue weighted by atomic mass is 16.5. The van der Waals surface area contributed by atoms with Gasteiger partial charge in [-0.15, -0.1) is 0 Å². The van der Waals surface area contributed by atoms with E-state index < -0.39 is 0 Å². The summed E-state index contributed by atoms with van der Waals surface area (Å²) in [7, 11) is 1.58. The van der Waals surface area contributed by atoms with Crippen molar-refractivity contribution in [2.75, 3.05) is 7.11 Å². The van der Waals surface area contributed by atoms with Gasteiger partial charge in [0.2, 0.25) is 11.7 Å². The van der Waals surface area contributed by atoms with Crippen molar-refractivity contribution in [1.82, 2.24) is 15.0 Å². The molecule has 0 saturated heterocycles. The largest absolute Gasteiger partial charge is 0.496 e. The number of aromatic nitrogens is 2. The summed E-state index contributed by atoms with van der Waals surface area (Å²) in [4.78, 5) is 19.9. The van der Waals surface area contributed by atoms with Crippen LogP contribution < -0.4 is 4.74 Å². The van der Waals surface area contributed by atoms with Crippen LogP contribution in [0.5, 0.6) is 5.75 Å². The quantitative estimate of drug-likeness (QED) is 0.608. The highest BCUT2D eigenvalue weighted by Gasteiger charge is 2.29. The minimum atomic E-state index is -0.0613. The van der Waals surface area contributed by atoms with Crippen molar-refractivity contribution in [3.8, 4) is 17.1 Å². The van der Waals surface area contributed by atoms with Gasteiger partial charge in [0.05, 0.1) is 12.7 Å². The fourth-order valence-electron chi connectivity index (χ4n) is 3.90. The van der Waals surface area contributed by atoms with Crippen molar-refractivity contribution in [3.05, 3.63) is 66.1 Å². The number of para-hydroxylation sites is 1. The van der Waals surface area contributed by atoms with Crippen LogP contribution in [0, 0.1) is 0 Å². The van der Waals surface area contributed by atoms with Crippen LogP contribution in [0.15, 0.2) is 59.1 Å². The van der Waals surface area contributed by atoms with Gasteiger partial charge in [-0.3, -0.25) is 4.79 Å². The van der Waals surface area contributed by atoms with Gasteiger partial charge in [0.25, 0.3) is 5.91 Å². The molecular weight excluding hydrogens is 366 g/mol. The van der Waals surface area contributed by atoms with E-state index in [9.17, 15) is 4.79 Å². The molecule has 6 heteroatoms. The molecule has 0 spiro atoms. The normalized spacial score (nSPS) is 14.5. The van der Waals surface area contributed by atoms with E-state index in [2.05, 4.69) is 10.1 Å². The molecule has 1 fully saturated rings. The number of ether oxygens (including phenoxy) is 1. The second kappa shape index (κ2) is 8.90. The monoisotopic (exact) mass is 391 g/mol. The first-order valence-electron chi connectivity index (χ1n) is 10.1. The Morgan fingerprint density at radius 3 is 2.55 bits per heavy atom. The van der Waals surface area contributed by atoms with E-state index in [-0.39, 0.29) is 11.9 Å². The van der Waals surface area contributed by atoms with E-state index in [4.69, 9.17) is 9.26 Å². The van der Waals surface area contributed by atoms with E-state index in [0.717, 1.165) is 31.2 Å². The van der Waals surface area contributed by atoms with Gasteiger partial charge >= 0.3 is 0 Å². The number of rotatable bonds is 6. The molecule has 0 unspecified atom stereocenters. The Morgan fingerprint density at radius 2 is 1.79 bits per heavy atom. The molecule has 0 N–H and O–H groups in total. The average molecular weight is 391 g/mol. The molecule has 1 aromatic heterocycles. The molecule has 6 nitrogen and oxygen atoms in total. The molecule has 2 aromatic carbocycles. The Kier molecular flexibility index (Phi) is 5.89. The lowest BCUT2D eigenvalue weighted by molar-refractivity contribution is 0.0583. The Balaban J connectivity index is 1.61. The second-order valence-electron chi connectivity index (χ2n) is 7.30. The van der Waals surface area contributed by atoms with Gasteiger partial charge in [-0.05, 0) is 25.0 Å². The lowest BCUT2D eigenvalue weighted by Crippen LogP contribution is -2.41. The summed E-state index contributed by atoms with van der Waals surface area (Å²) >= 11 is 0. The Labute approximate surface area is 170 Å². The molecule has 4 rings (SSSR count). The van der Waals surface area contributed by atoms with Crippen molar-refractivity contribution < 1.29 is 14.1 Å². The number of amides is 1. The van der Waals surface area contributed by atoms with E-state index in [0.29, 0.717) is 29.6 Å². The third-order valence-corrected chi connectivity index (χ3v) is 5.42. The standard InChI is InChI=1S/C23H25N3O3/c1-28-20-15-9-8-14-19(20)23(27)26(18-12-6-3-7-13-18)16-21-24-22(25-29-21)17-10-4-2-5-11-17/h2,4-5,8-11,14-15,18H,3,6-7,12-13,16H2,1H3. The minimum Gasteiger partial charge on any atom is -0.496 e. The van der Waals surface area contributed by atoms with Crippen molar-refractivity contribution in [3.63, 3.8) is 0 Å². The minimum absolute atomic E-state index is 0.0613. The van der Waals surface area contributed by atoms with Crippen LogP contribution in [0.25, 0.3) is 11.4 Å². The Hall–Kier alpha value is -3.15. The fourth-order valence-corrected chi connectivity index (χ4v) is 3.90. The molecule has 0 aliphatic heterocycles. The summed E-state index contributed by atoms with van der Waals surface area (Å²) in [5.41, 5.74) is 1.45. The number of carbonyl (C=O) groups excluding carboxylic acids is 1.